The van der Waals surface area contributed by atoms with Crippen molar-refractivity contribution in [3.8, 4) is 11.5 Å². The zero-order valence-electron chi connectivity index (χ0n) is 14.6. The predicted octanol–water partition coefficient (Wildman–Crippen LogP) is 2.70. The molecule has 0 radical (unpaired) electrons. The van der Waals surface area contributed by atoms with Crippen molar-refractivity contribution in [2.75, 3.05) is 19.8 Å². The number of amides is 1. The summed E-state index contributed by atoms with van der Waals surface area (Å²) in [6.07, 6.45) is 5.24. The van der Waals surface area contributed by atoms with Crippen LogP contribution in [0.3, 0.4) is 0 Å². The zero-order valence-corrected chi connectivity index (χ0v) is 14.6. The Bertz CT molecular complexity index is 624. The molecule has 0 unspecified atom stereocenters. The van der Waals surface area contributed by atoms with Crippen molar-refractivity contribution in [2.24, 2.45) is 5.92 Å². The first-order valence-electron chi connectivity index (χ1n) is 9.02. The Labute approximate surface area is 147 Å². The summed E-state index contributed by atoms with van der Waals surface area (Å²) in [4.78, 5) is 24.4. The molecule has 25 heavy (non-hydrogen) atoms. The van der Waals surface area contributed by atoms with Gasteiger partial charge in [-0.05, 0) is 43.9 Å². The van der Waals surface area contributed by atoms with Crippen LogP contribution in [0.2, 0.25) is 0 Å². The van der Waals surface area contributed by atoms with E-state index in [-0.39, 0.29) is 5.91 Å². The molecule has 1 heterocycles. The SMILES string of the molecule is C[C@@H](OC(=O)c1ccc2c(c1)OCCO2)C(=O)NCC1CCCCC1. The lowest BCUT2D eigenvalue weighted by atomic mass is 9.89. The van der Waals surface area contributed by atoms with E-state index in [4.69, 9.17) is 14.2 Å². The van der Waals surface area contributed by atoms with Crippen LogP contribution in [0.1, 0.15) is 49.4 Å². The third-order valence-corrected chi connectivity index (χ3v) is 4.72. The lowest BCUT2D eigenvalue weighted by molar-refractivity contribution is -0.129. The van der Waals surface area contributed by atoms with Crippen LogP contribution in [0.25, 0.3) is 0 Å². The Balaban J connectivity index is 1.50. The summed E-state index contributed by atoms with van der Waals surface area (Å²) in [5.74, 6) is 0.878. The van der Waals surface area contributed by atoms with E-state index in [9.17, 15) is 9.59 Å². The minimum Gasteiger partial charge on any atom is -0.486 e. The van der Waals surface area contributed by atoms with Crippen LogP contribution in [0.4, 0.5) is 0 Å². The van der Waals surface area contributed by atoms with Gasteiger partial charge in [-0.25, -0.2) is 4.79 Å². The predicted molar refractivity (Wildman–Crippen MR) is 91.9 cm³/mol. The van der Waals surface area contributed by atoms with Crippen LogP contribution >= 0.6 is 0 Å². The Hall–Kier alpha value is -2.24. The number of esters is 1. The summed E-state index contributed by atoms with van der Waals surface area (Å²) in [6, 6.07) is 4.88. The highest BCUT2D eigenvalue weighted by Gasteiger charge is 2.22. The second-order valence-electron chi connectivity index (χ2n) is 6.66. The maximum atomic E-state index is 12.3. The van der Waals surface area contributed by atoms with E-state index in [0.717, 1.165) is 12.8 Å². The molecule has 0 bridgehead atoms. The van der Waals surface area contributed by atoms with E-state index < -0.39 is 12.1 Å². The lowest BCUT2D eigenvalue weighted by Crippen LogP contribution is -2.38. The molecule has 1 N–H and O–H groups in total. The number of benzene rings is 1. The molecule has 136 valence electrons. The van der Waals surface area contributed by atoms with E-state index >= 15 is 0 Å². The van der Waals surface area contributed by atoms with Crippen molar-refractivity contribution in [1.82, 2.24) is 5.32 Å². The Morgan fingerprint density at radius 1 is 1.16 bits per heavy atom. The molecule has 6 heteroatoms. The van der Waals surface area contributed by atoms with Gasteiger partial charge in [0.25, 0.3) is 5.91 Å². The van der Waals surface area contributed by atoms with Gasteiger partial charge in [0.05, 0.1) is 5.56 Å². The molecule has 1 atom stereocenters. The Morgan fingerprint density at radius 2 is 1.88 bits per heavy atom. The standard InChI is InChI=1S/C19H25NO5/c1-13(18(21)20-12-14-5-3-2-4-6-14)25-19(22)15-7-8-16-17(11-15)24-10-9-23-16/h7-8,11,13-14H,2-6,9-10,12H2,1H3,(H,20,21)/t13-/m1/s1. The van der Waals surface area contributed by atoms with Gasteiger partial charge in [-0.1, -0.05) is 19.3 Å². The summed E-state index contributed by atoms with van der Waals surface area (Å²) >= 11 is 0. The number of fused-ring (bicyclic) bond motifs is 1. The van der Waals surface area contributed by atoms with Gasteiger partial charge in [-0.2, -0.15) is 0 Å². The first kappa shape index (κ1) is 17.6. The maximum Gasteiger partial charge on any atom is 0.339 e. The van der Waals surface area contributed by atoms with E-state index in [1.54, 1.807) is 25.1 Å². The molecule has 1 aliphatic heterocycles. The highest BCUT2D eigenvalue weighted by Crippen LogP contribution is 2.31. The van der Waals surface area contributed by atoms with Gasteiger partial charge >= 0.3 is 5.97 Å². The molecule has 6 nitrogen and oxygen atoms in total. The van der Waals surface area contributed by atoms with Crippen LogP contribution in [0.5, 0.6) is 11.5 Å². The summed E-state index contributed by atoms with van der Waals surface area (Å²) in [6.45, 7) is 3.19. The molecule has 0 saturated heterocycles. The van der Waals surface area contributed by atoms with Crippen molar-refractivity contribution >= 4 is 11.9 Å². The van der Waals surface area contributed by atoms with E-state index in [0.29, 0.717) is 42.7 Å². The van der Waals surface area contributed by atoms with E-state index in [1.165, 1.54) is 19.3 Å². The second-order valence-corrected chi connectivity index (χ2v) is 6.66. The lowest BCUT2D eigenvalue weighted by Gasteiger charge is -2.22. The molecule has 1 aromatic carbocycles. The number of carbonyl (C=O) groups excluding carboxylic acids is 2. The number of hydrogen-bond acceptors (Lipinski definition) is 5. The van der Waals surface area contributed by atoms with Crippen LogP contribution in [0.15, 0.2) is 18.2 Å². The quantitative estimate of drug-likeness (QED) is 0.829. The molecule has 1 aliphatic carbocycles. The van der Waals surface area contributed by atoms with Crippen LogP contribution in [0, 0.1) is 5.92 Å². The molecule has 2 aliphatic rings. The van der Waals surface area contributed by atoms with Crippen molar-refractivity contribution in [3.05, 3.63) is 23.8 Å². The topological polar surface area (TPSA) is 73.9 Å². The van der Waals surface area contributed by atoms with Gasteiger partial charge in [0.2, 0.25) is 0 Å². The molecule has 0 spiro atoms. The van der Waals surface area contributed by atoms with Gasteiger partial charge in [-0.3, -0.25) is 4.79 Å². The fourth-order valence-electron chi connectivity index (χ4n) is 3.23. The van der Waals surface area contributed by atoms with E-state index in [2.05, 4.69) is 5.32 Å². The van der Waals surface area contributed by atoms with Crippen LogP contribution < -0.4 is 14.8 Å². The van der Waals surface area contributed by atoms with Crippen molar-refractivity contribution in [3.63, 3.8) is 0 Å². The third-order valence-electron chi connectivity index (χ3n) is 4.72. The smallest absolute Gasteiger partial charge is 0.339 e. The Kier molecular flexibility index (Phi) is 5.79. The summed E-state index contributed by atoms with van der Waals surface area (Å²) in [5, 5.41) is 2.90. The monoisotopic (exact) mass is 347 g/mol. The van der Waals surface area contributed by atoms with E-state index in [1.807, 2.05) is 0 Å². The Morgan fingerprint density at radius 3 is 2.64 bits per heavy atom. The summed E-state index contributed by atoms with van der Waals surface area (Å²) < 4.78 is 16.2. The molecule has 0 aromatic heterocycles. The van der Waals surface area contributed by atoms with Crippen molar-refractivity contribution in [2.45, 2.75) is 45.1 Å². The molecular weight excluding hydrogens is 322 g/mol. The first-order chi connectivity index (χ1) is 12.1. The molecule has 1 aromatic rings. The second kappa shape index (κ2) is 8.23. The maximum absolute atomic E-state index is 12.3. The number of nitrogens with one attached hydrogen (secondary N) is 1. The highest BCUT2D eigenvalue weighted by molar-refractivity contribution is 5.92. The molecule has 3 rings (SSSR count). The highest BCUT2D eigenvalue weighted by atomic mass is 16.6. The van der Waals surface area contributed by atoms with Crippen molar-refractivity contribution < 1.29 is 23.8 Å². The van der Waals surface area contributed by atoms with Gasteiger partial charge in [-0.15, -0.1) is 0 Å². The number of carbonyl (C=O) groups is 2. The largest absolute Gasteiger partial charge is 0.486 e. The minimum absolute atomic E-state index is 0.253. The molecule has 1 saturated carbocycles. The van der Waals surface area contributed by atoms with Gasteiger partial charge in [0, 0.05) is 6.54 Å². The normalized spacial score (nSPS) is 18.3. The average molecular weight is 347 g/mol. The molecule has 1 fully saturated rings. The minimum atomic E-state index is -0.829. The van der Waals surface area contributed by atoms with Gasteiger partial charge in [0.1, 0.15) is 13.2 Å². The average Bonchev–Trinajstić information content (AvgIpc) is 2.66. The van der Waals surface area contributed by atoms with Crippen LogP contribution in [-0.2, 0) is 9.53 Å². The van der Waals surface area contributed by atoms with Gasteiger partial charge in [0.15, 0.2) is 17.6 Å². The molecule has 1 amide bonds. The fraction of sp³-hybridized carbons (Fsp3) is 0.579. The first-order valence-corrected chi connectivity index (χ1v) is 9.02. The van der Waals surface area contributed by atoms with Gasteiger partial charge < -0.3 is 19.5 Å². The summed E-state index contributed by atoms with van der Waals surface area (Å²) in [5.41, 5.74) is 0.344. The fourth-order valence-corrected chi connectivity index (χ4v) is 3.23. The number of hydrogen-bond donors (Lipinski definition) is 1. The van der Waals surface area contributed by atoms with Crippen LogP contribution in [-0.4, -0.2) is 37.7 Å². The van der Waals surface area contributed by atoms with Crippen molar-refractivity contribution in [1.29, 1.82) is 0 Å². The summed E-state index contributed by atoms with van der Waals surface area (Å²) in [7, 11) is 0. The number of rotatable bonds is 5. The third kappa shape index (κ3) is 4.65. The number of ether oxygens (including phenoxy) is 3. The zero-order chi connectivity index (χ0) is 17.6. The molecular formula is C19H25NO5.